The van der Waals surface area contributed by atoms with E-state index in [2.05, 4.69) is 31.6 Å². The summed E-state index contributed by atoms with van der Waals surface area (Å²) in [5.41, 5.74) is 2.12. The molecule has 6 heteroatoms. The summed E-state index contributed by atoms with van der Waals surface area (Å²) in [5, 5.41) is 9.24. The van der Waals surface area contributed by atoms with E-state index in [0.717, 1.165) is 49.2 Å². The number of amides is 2. The van der Waals surface area contributed by atoms with Crippen molar-refractivity contribution < 1.29 is 4.79 Å². The molecule has 0 bridgehead atoms. The monoisotopic (exact) mass is 301 g/mol. The Labute approximate surface area is 130 Å². The summed E-state index contributed by atoms with van der Waals surface area (Å²) in [5.74, 6) is 0.989. The Balaban J connectivity index is 1.49. The molecule has 2 heterocycles. The van der Waals surface area contributed by atoms with E-state index in [0.29, 0.717) is 6.54 Å². The minimum absolute atomic E-state index is 0.0781. The van der Waals surface area contributed by atoms with Crippen LogP contribution in [-0.4, -0.2) is 41.3 Å². The summed E-state index contributed by atoms with van der Waals surface area (Å²) in [4.78, 5) is 16.5. The Morgan fingerprint density at radius 3 is 2.91 bits per heavy atom. The number of nitrogens with one attached hydrogen (secondary N) is 3. The molecule has 118 valence electrons. The molecule has 1 saturated heterocycles. The van der Waals surface area contributed by atoms with E-state index < -0.39 is 0 Å². The zero-order valence-electron chi connectivity index (χ0n) is 12.9. The first-order valence-corrected chi connectivity index (χ1v) is 7.89. The molecule has 6 nitrogen and oxygen atoms in total. The summed E-state index contributed by atoms with van der Waals surface area (Å²) in [6.07, 6.45) is 2.72. The third-order valence-electron chi connectivity index (χ3n) is 4.19. The van der Waals surface area contributed by atoms with Crippen LogP contribution in [0.4, 0.5) is 4.79 Å². The number of aryl methyl sites for hydroxylation is 1. The van der Waals surface area contributed by atoms with Crippen molar-refractivity contribution in [1.29, 1.82) is 0 Å². The Kier molecular flexibility index (Phi) is 4.58. The molecule has 2 amide bonds. The molecule has 0 spiro atoms. The van der Waals surface area contributed by atoms with Crippen molar-refractivity contribution in [2.75, 3.05) is 19.6 Å². The molecule has 1 aromatic carbocycles. The number of urea groups is 1. The van der Waals surface area contributed by atoms with Crippen molar-refractivity contribution in [2.45, 2.75) is 25.3 Å². The fourth-order valence-corrected chi connectivity index (χ4v) is 2.91. The van der Waals surface area contributed by atoms with E-state index in [1.165, 1.54) is 0 Å². The Morgan fingerprint density at radius 1 is 1.36 bits per heavy atom. The maximum Gasteiger partial charge on any atom is 0.315 e. The number of imidazole rings is 1. The van der Waals surface area contributed by atoms with Crippen LogP contribution in [0.3, 0.4) is 0 Å². The zero-order chi connectivity index (χ0) is 15.4. The molecular formula is C16H23N5O. The highest BCUT2D eigenvalue weighted by Gasteiger charge is 2.15. The van der Waals surface area contributed by atoms with Crippen LogP contribution in [0.2, 0.25) is 0 Å². The predicted molar refractivity (Wildman–Crippen MR) is 86.8 cm³/mol. The highest BCUT2D eigenvalue weighted by atomic mass is 16.2. The molecule has 22 heavy (non-hydrogen) atoms. The molecule has 0 saturated carbocycles. The number of para-hydroxylation sites is 2. The summed E-state index contributed by atoms with van der Waals surface area (Å²) in [6.45, 7) is 2.55. The number of hydrogen-bond acceptors (Lipinski definition) is 3. The molecule has 1 aromatic heterocycles. The van der Waals surface area contributed by atoms with Gasteiger partial charge in [-0.1, -0.05) is 12.1 Å². The van der Waals surface area contributed by atoms with E-state index in [1.54, 1.807) is 0 Å². The topological polar surface area (TPSA) is 71.0 Å². The number of hydrogen-bond donors (Lipinski definition) is 3. The molecule has 3 N–H and O–H groups in total. The Bertz CT molecular complexity index is 645. The summed E-state index contributed by atoms with van der Waals surface area (Å²) < 4.78 is 2.09. The molecule has 0 radical (unpaired) electrons. The molecule has 3 rings (SSSR count). The summed E-state index contributed by atoms with van der Waals surface area (Å²) in [6, 6.07) is 8.28. The number of rotatable bonds is 4. The number of fused-ring (bicyclic) bond motifs is 1. The Morgan fingerprint density at radius 2 is 2.14 bits per heavy atom. The van der Waals surface area contributed by atoms with Crippen LogP contribution in [0.15, 0.2) is 24.3 Å². The van der Waals surface area contributed by atoms with E-state index in [-0.39, 0.29) is 12.1 Å². The molecule has 1 aliphatic heterocycles. The van der Waals surface area contributed by atoms with Crippen LogP contribution in [0.25, 0.3) is 11.0 Å². The van der Waals surface area contributed by atoms with Gasteiger partial charge in [-0.25, -0.2) is 9.78 Å². The third-order valence-corrected chi connectivity index (χ3v) is 4.19. The van der Waals surface area contributed by atoms with Gasteiger partial charge in [-0.15, -0.1) is 0 Å². The lowest BCUT2D eigenvalue weighted by Crippen LogP contribution is -2.47. The number of carbonyl (C=O) groups is 1. The van der Waals surface area contributed by atoms with Gasteiger partial charge in [0.15, 0.2) is 0 Å². The van der Waals surface area contributed by atoms with Gasteiger partial charge in [-0.05, 0) is 38.1 Å². The molecule has 0 atom stereocenters. The Hall–Kier alpha value is -2.08. The van der Waals surface area contributed by atoms with Crippen molar-refractivity contribution >= 4 is 17.1 Å². The fraction of sp³-hybridized carbons (Fsp3) is 0.500. The highest BCUT2D eigenvalue weighted by molar-refractivity contribution is 5.76. The largest absolute Gasteiger partial charge is 0.338 e. The van der Waals surface area contributed by atoms with Gasteiger partial charge in [-0.3, -0.25) is 0 Å². The van der Waals surface area contributed by atoms with Gasteiger partial charge in [-0.2, -0.15) is 0 Å². The third kappa shape index (κ3) is 3.39. The second-order valence-corrected chi connectivity index (χ2v) is 5.75. The lowest BCUT2D eigenvalue weighted by Gasteiger charge is -2.23. The molecule has 0 aliphatic carbocycles. The fourth-order valence-electron chi connectivity index (χ4n) is 2.91. The normalized spacial score (nSPS) is 15.9. The molecule has 1 fully saturated rings. The van der Waals surface area contributed by atoms with Crippen LogP contribution >= 0.6 is 0 Å². The maximum atomic E-state index is 11.9. The summed E-state index contributed by atoms with van der Waals surface area (Å²) >= 11 is 0. The minimum Gasteiger partial charge on any atom is -0.338 e. The van der Waals surface area contributed by atoms with Gasteiger partial charge in [0, 0.05) is 26.1 Å². The number of carbonyl (C=O) groups excluding carboxylic acids is 1. The average molecular weight is 301 g/mol. The molecule has 1 aliphatic rings. The second-order valence-electron chi connectivity index (χ2n) is 5.75. The van der Waals surface area contributed by atoms with Crippen LogP contribution in [0.1, 0.15) is 18.7 Å². The second kappa shape index (κ2) is 6.79. The van der Waals surface area contributed by atoms with Crippen molar-refractivity contribution in [2.24, 2.45) is 7.05 Å². The van der Waals surface area contributed by atoms with Gasteiger partial charge in [0.2, 0.25) is 0 Å². The lowest BCUT2D eigenvalue weighted by molar-refractivity contribution is 0.233. The first kappa shape index (κ1) is 14.8. The standard InChI is InChI=1S/C16H23N5O/c1-21-14-5-3-2-4-13(14)20-15(21)8-11-18-16(22)19-12-6-9-17-10-7-12/h2-5,12,17H,6-11H2,1H3,(H2,18,19,22). The molecule has 2 aromatic rings. The van der Waals surface area contributed by atoms with Crippen molar-refractivity contribution in [3.8, 4) is 0 Å². The highest BCUT2D eigenvalue weighted by Crippen LogP contribution is 2.14. The number of nitrogens with zero attached hydrogens (tertiary/aromatic N) is 2. The SMILES string of the molecule is Cn1c(CCNC(=O)NC2CCNCC2)nc2ccccc21. The van der Waals surface area contributed by atoms with E-state index in [9.17, 15) is 4.79 Å². The first-order valence-electron chi connectivity index (χ1n) is 7.89. The summed E-state index contributed by atoms with van der Waals surface area (Å²) in [7, 11) is 2.01. The van der Waals surface area contributed by atoms with E-state index in [1.807, 2.05) is 25.2 Å². The first-order chi connectivity index (χ1) is 10.7. The van der Waals surface area contributed by atoms with Gasteiger partial charge < -0.3 is 20.5 Å². The quantitative estimate of drug-likeness (QED) is 0.794. The van der Waals surface area contributed by atoms with Crippen molar-refractivity contribution in [3.05, 3.63) is 30.1 Å². The van der Waals surface area contributed by atoms with Crippen LogP contribution in [-0.2, 0) is 13.5 Å². The maximum absolute atomic E-state index is 11.9. The zero-order valence-corrected chi connectivity index (χ0v) is 12.9. The number of piperidine rings is 1. The smallest absolute Gasteiger partial charge is 0.315 e. The van der Waals surface area contributed by atoms with E-state index in [4.69, 9.17) is 0 Å². The van der Waals surface area contributed by atoms with Crippen LogP contribution in [0.5, 0.6) is 0 Å². The van der Waals surface area contributed by atoms with E-state index >= 15 is 0 Å². The lowest BCUT2D eigenvalue weighted by atomic mass is 10.1. The van der Waals surface area contributed by atoms with Crippen molar-refractivity contribution in [1.82, 2.24) is 25.5 Å². The van der Waals surface area contributed by atoms with Gasteiger partial charge >= 0.3 is 6.03 Å². The van der Waals surface area contributed by atoms with Gasteiger partial charge in [0.1, 0.15) is 5.82 Å². The average Bonchev–Trinajstić information content (AvgIpc) is 2.85. The van der Waals surface area contributed by atoms with Crippen LogP contribution < -0.4 is 16.0 Å². The minimum atomic E-state index is -0.0781. The van der Waals surface area contributed by atoms with Crippen LogP contribution in [0, 0.1) is 0 Å². The molecule has 0 unspecified atom stereocenters. The molecular weight excluding hydrogens is 278 g/mol. The van der Waals surface area contributed by atoms with Crippen molar-refractivity contribution in [3.63, 3.8) is 0 Å². The number of aromatic nitrogens is 2. The van der Waals surface area contributed by atoms with Gasteiger partial charge in [0.05, 0.1) is 11.0 Å². The number of benzene rings is 1. The predicted octanol–water partition coefficient (Wildman–Crippen LogP) is 1.17. The van der Waals surface area contributed by atoms with Gasteiger partial charge in [0.25, 0.3) is 0 Å².